The van der Waals surface area contributed by atoms with Crippen molar-refractivity contribution in [2.75, 3.05) is 31.1 Å². The first-order valence-corrected chi connectivity index (χ1v) is 12.8. The molecule has 4 rings (SSSR count). The summed E-state index contributed by atoms with van der Waals surface area (Å²) in [4.78, 5) is 19.8. The van der Waals surface area contributed by atoms with Crippen molar-refractivity contribution in [1.29, 1.82) is 0 Å². The SMILES string of the molecule is Cc1cc(CN2CCN(c3nc4cc(F)c(C(F)(F)F)cc4s3)[C@H](CC(C)C)C2)cc(OCC(=O)O)c1. The van der Waals surface area contributed by atoms with E-state index < -0.39 is 30.1 Å². The number of aryl methyl sites for hydroxylation is 1. The van der Waals surface area contributed by atoms with Crippen molar-refractivity contribution < 1.29 is 32.2 Å². The number of hydrogen-bond donors (Lipinski definition) is 1. The lowest BCUT2D eigenvalue weighted by molar-refractivity contribution is -0.140. The van der Waals surface area contributed by atoms with Crippen molar-refractivity contribution in [3.05, 3.63) is 52.8 Å². The van der Waals surface area contributed by atoms with Gasteiger partial charge in [-0.2, -0.15) is 13.2 Å². The fourth-order valence-corrected chi connectivity index (χ4v) is 5.82. The molecular weight excluding hydrogens is 510 g/mol. The average Bonchev–Trinajstić information content (AvgIpc) is 3.18. The number of ether oxygens (including phenoxy) is 1. The number of thiazole rings is 1. The van der Waals surface area contributed by atoms with E-state index in [9.17, 15) is 22.4 Å². The Morgan fingerprint density at radius 2 is 1.97 bits per heavy atom. The van der Waals surface area contributed by atoms with E-state index in [-0.39, 0.29) is 11.6 Å². The highest BCUT2D eigenvalue weighted by Gasteiger charge is 2.35. The summed E-state index contributed by atoms with van der Waals surface area (Å²) in [6, 6.07) is 7.48. The van der Waals surface area contributed by atoms with Crippen LogP contribution in [0.25, 0.3) is 10.2 Å². The summed E-state index contributed by atoms with van der Waals surface area (Å²) in [5.74, 6) is -1.46. The van der Waals surface area contributed by atoms with Crippen molar-refractivity contribution in [3.8, 4) is 5.75 Å². The number of piperazine rings is 1. The van der Waals surface area contributed by atoms with E-state index >= 15 is 0 Å². The Bertz CT molecular complexity index is 1280. The van der Waals surface area contributed by atoms with Crippen LogP contribution in [0.3, 0.4) is 0 Å². The molecule has 0 aliphatic carbocycles. The van der Waals surface area contributed by atoms with E-state index in [0.29, 0.717) is 41.1 Å². The molecule has 200 valence electrons. The summed E-state index contributed by atoms with van der Waals surface area (Å²) in [6.45, 7) is 8.44. The molecule has 6 nitrogen and oxygen atoms in total. The third kappa shape index (κ3) is 6.70. The van der Waals surface area contributed by atoms with Crippen LogP contribution in [-0.2, 0) is 17.5 Å². The van der Waals surface area contributed by atoms with Gasteiger partial charge in [0.2, 0.25) is 0 Å². The van der Waals surface area contributed by atoms with Gasteiger partial charge in [-0.15, -0.1) is 0 Å². The van der Waals surface area contributed by atoms with Gasteiger partial charge in [-0.1, -0.05) is 31.3 Å². The zero-order chi connectivity index (χ0) is 26.9. The van der Waals surface area contributed by atoms with Gasteiger partial charge in [-0.25, -0.2) is 14.2 Å². The molecular formula is C26H29F4N3O3S. The molecule has 2 heterocycles. The maximum atomic E-state index is 14.1. The number of carbonyl (C=O) groups is 1. The summed E-state index contributed by atoms with van der Waals surface area (Å²) in [6.07, 6.45) is -3.90. The molecule has 1 aliphatic rings. The highest BCUT2D eigenvalue weighted by atomic mass is 32.1. The minimum atomic E-state index is -4.76. The van der Waals surface area contributed by atoms with E-state index in [1.807, 2.05) is 19.1 Å². The topological polar surface area (TPSA) is 65.9 Å². The summed E-state index contributed by atoms with van der Waals surface area (Å²) in [5, 5.41) is 9.49. The van der Waals surface area contributed by atoms with E-state index in [4.69, 9.17) is 9.84 Å². The molecule has 2 aromatic carbocycles. The molecule has 0 radical (unpaired) electrons. The molecule has 0 saturated carbocycles. The smallest absolute Gasteiger partial charge is 0.419 e. The fourth-order valence-electron chi connectivity index (χ4n) is 4.74. The second-order valence-electron chi connectivity index (χ2n) is 9.84. The van der Waals surface area contributed by atoms with Crippen LogP contribution < -0.4 is 9.64 Å². The van der Waals surface area contributed by atoms with E-state index in [0.717, 1.165) is 47.6 Å². The van der Waals surface area contributed by atoms with Crippen molar-refractivity contribution in [1.82, 2.24) is 9.88 Å². The number of anilines is 1. The Morgan fingerprint density at radius 3 is 2.65 bits per heavy atom. The highest BCUT2D eigenvalue weighted by Crippen LogP contribution is 2.38. The number of hydrogen-bond acceptors (Lipinski definition) is 6. The Labute approximate surface area is 216 Å². The van der Waals surface area contributed by atoms with Crippen LogP contribution >= 0.6 is 11.3 Å². The number of aliphatic carboxylic acids is 1. The van der Waals surface area contributed by atoms with Crippen LogP contribution in [0.4, 0.5) is 22.7 Å². The number of alkyl halides is 3. The summed E-state index contributed by atoms with van der Waals surface area (Å²) < 4.78 is 59.3. The zero-order valence-corrected chi connectivity index (χ0v) is 21.6. The largest absolute Gasteiger partial charge is 0.482 e. The van der Waals surface area contributed by atoms with Crippen LogP contribution in [0, 0.1) is 18.7 Å². The van der Waals surface area contributed by atoms with Crippen LogP contribution in [0.5, 0.6) is 5.75 Å². The van der Waals surface area contributed by atoms with Gasteiger partial charge in [0.25, 0.3) is 0 Å². The van der Waals surface area contributed by atoms with Crippen molar-refractivity contribution in [2.45, 2.75) is 46.0 Å². The van der Waals surface area contributed by atoms with Gasteiger partial charge in [0, 0.05) is 38.3 Å². The molecule has 1 fully saturated rings. The second kappa shape index (κ2) is 10.8. The van der Waals surface area contributed by atoms with Crippen molar-refractivity contribution in [2.24, 2.45) is 5.92 Å². The third-order valence-electron chi connectivity index (χ3n) is 6.21. The molecule has 0 amide bonds. The molecule has 11 heteroatoms. The quantitative estimate of drug-likeness (QED) is 0.356. The van der Waals surface area contributed by atoms with Gasteiger partial charge < -0.3 is 14.7 Å². The molecule has 0 unspecified atom stereocenters. The van der Waals surface area contributed by atoms with Gasteiger partial charge in [0.05, 0.1) is 15.8 Å². The van der Waals surface area contributed by atoms with Gasteiger partial charge in [0.15, 0.2) is 11.7 Å². The maximum Gasteiger partial charge on any atom is 0.419 e. The Hall–Kier alpha value is -2.92. The minimum absolute atomic E-state index is 0.0776. The average molecular weight is 540 g/mol. The van der Waals surface area contributed by atoms with Gasteiger partial charge >= 0.3 is 12.1 Å². The second-order valence-corrected chi connectivity index (χ2v) is 10.9. The number of benzene rings is 2. The Morgan fingerprint density at radius 1 is 1.22 bits per heavy atom. The molecule has 0 spiro atoms. The summed E-state index contributed by atoms with van der Waals surface area (Å²) in [7, 11) is 0. The number of nitrogens with zero attached hydrogens (tertiary/aromatic N) is 3. The van der Waals surface area contributed by atoms with Gasteiger partial charge in [-0.05, 0) is 48.6 Å². The first-order chi connectivity index (χ1) is 17.4. The number of fused-ring (bicyclic) bond motifs is 1. The van der Waals surface area contributed by atoms with Gasteiger partial charge in [0.1, 0.15) is 11.6 Å². The third-order valence-corrected chi connectivity index (χ3v) is 7.26. The van der Waals surface area contributed by atoms with Crippen LogP contribution in [0.1, 0.15) is 37.0 Å². The lowest BCUT2D eigenvalue weighted by Gasteiger charge is -2.42. The fraction of sp³-hybridized carbons (Fsp3) is 0.462. The number of halogens is 4. The zero-order valence-electron chi connectivity index (χ0n) is 20.8. The molecule has 37 heavy (non-hydrogen) atoms. The molecule has 1 saturated heterocycles. The summed E-state index contributed by atoms with van der Waals surface area (Å²) >= 11 is 1.16. The molecule has 1 aliphatic heterocycles. The first-order valence-electron chi connectivity index (χ1n) is 12.0. The molecule has 3 aromatic rings. The lowest BCUT2D eigenvalue weighted by atomic mass is 10.00. The molecule has 1 atom stereocenters. The maximum absolute atomic E-state index is 14.1. The Balaban J connectivity index is 1.54. The van der Waals surface area contributed by atoms with Crippen LogP contribution in [0.15, 0.2) is 30.3 Å². The normalized spacial score (nSPS) is 17.1. The number of aromatic nitrogens is 1. The monoisotopic (exact) mass is 539 g/mol. The first kappa shape index (κ1) is 27.1. The Kier molecular flexibility index (Phi) is 7.94. The highest BCUT2D eigenvalue weighted by molar-refractivity contribution is 7.22. The number of carboxylic acids is 1. The predicted octanol–water partition coefficient (Wildman–Crippen LogP) is 5.96. The van der Waals surface area contributed by atoms with E-state index in [1.54, 1.807) is 6.07 Å². The van der Waals surface area contributed by atoms with E-state index in [2.05, 4.69) is 28.6 Å². The predicted molar refractivity (Wildman–Crippen MR) is 135 cm³/mol. The van der Waals surface area contributed by atoms with Crippen molar-refractivity contribution >= 4 is 32.7 Å². The van der Waals surface area contributed by atoms with Gasteiger partial charge in [-0.3, -0.25) is 4.90 Å². The van der Waals surface area contributed by atoms with Crippen molar-refractivity contribution in [3.63, 3.8) is 0 Å². The number of rotatable bonds is 8. The number of carboxylic acid groups (broad SMARTS) is 1. The lowest BCUT2D eigenvalue weighted by Crippen LogP contribution is -2.53. The van der Waals surface area contributed by atoms with Crippen LogP contribution in [0.2, 0.25) is 0 Å². The summed E-state index contributed by atoms with van der Waals surface area (Å²) in [5.41, 5.74) is 0.927. The minimum Gasteiger partial charge on any atom is -0.482 e. The van der Waals surface area contributed by atoms with E-state index in [1.165, 1.54) is 0 Å². The van der Waals surface area contributed by atoms with Crippen LogP contribution in [-0.4, -0.2) is 53.2 Å². The molecule has 0 bridgehead atoms. The standard InChI is InChI=1S/C26H29F4N3O3S/c1-15(2)6-18-13-32(12-17-7-16(3)8-19(9-17)36-14-24(34)35)4-5-33(18)25-31-22-11-21(27)20(26(28,29)30)10-23(22)37-25/h7-11,15,18H,4-6,12-14H2,1-3H3,(H,34,35)/t18-/m1/s1. The molecule has 1 aromatic heterocycles. The molecule has 1 N–H and O–H groups in total.